The van der Waals surface area contributed by atoms with Crippen LogP contribution in [0.1, 0.15) is 39.5 Å². The second kappa shape index (κ2) is 7.47. The summed E-state index contributed by atoms with van der Waals surface area (Å²) in [6.07, 6.45) is 3.99. The smallest absolute Gasteiger partial charge is 0.286 e. The molecule has 7 nitrogen and oxygen atoms in total. The van der Waals surface area contributed by atoms with Crippen LogP contribution in [0.15, 0.2) is 38.8 Å². The van der Waals surface area contributed by atoms with Gasteiger partial charge in [0.1, 0.15) is 16.2 Å². The monoisotopic (exact) mass is 555 g/mol. The molecule has 4 aliphatic rings. The lowest BCUT2D eigenvalue weighted by atomic mass is 9.77. The SMILES string of the molecule is CC(C)CCN1C(=O)C(C2=NS(=O)(=O)c3cc(I)ccc3N2)=C(O)C2C1[C@H]1CC[C@@H]2C1. The molecule has 1 amide bonds. The van der Waals surface area contributed by atoms with Crippen molar-refractivity contribution >= 4 is 50.0 Å². The molecule has 2 heterocycles. The van der Waals surface area contributed by atoms with Crippen LogP contribution < -0.4 is 5.32 Å². The average Bonchev–Trinajstić information content (AvgIpc) is 3.30. The fourth-order valence-corrected chi connectivity index (χ4v) is 7.61. The van der Waals surface area contributed by atoms with Crippen molar-refractivity contribution in [3.63, 3.8) is 0 Å². The maximum atomic E-state index is 13.6. The summed E-state index contributed by atoms with van der Waals surface area (Å²) in [5.74, 6) is 0.668. The van der Waals surface area contributed by atoms with Gasteiger partial charge in [-0.25, -0.2) is 0 Å². The van der Waals surface area contributed by atoms with Crippen molar-refractivity contribution < 1.29 is 18.3 Å². The number of aliphatic hydroxyl groups is 1. The first-order valence-electron chi connectivity index (χ1n) is 10.8. The Labute approximate surface area is 196 Å². The topological polar surface area (TPSA) is 99.1 Å². The van der Waals surface area contributed by atoms with Gasteiger partial charge in [0.2, 0.25) is 0 Å². The summed E-state index contributed by atoms with van der Waals surface area (Å²) >= 11 is 2.05. The van der Waals surface area contributed by atoms with Gasteiger partial charge in [0.05, 0.1) is 5.69 Å². The predicted molar refractivity (Wildman–Crippen MR) is 126 cm³/mol. The number of anilines is 1. The summed E-state index contributed by atoms with van der Waals surface area (Å²) in [4.78, 5) is 15.6. The van der Waals surface area contributed by atoms with Crippen LogP contribution >= 0.6 is 22.6 Å². The third kappa shape index (κ3) is 3.39. The number of rotatable bonds is 4. The highest BCUT2D eigenvalue weighted by molar-refractivity contribution is 14.1. The molecule has 0 aromatic heterocycles. The number of amidine groups is 1. The molecule has 2 saturated carbocycles. The average molecular weight is 555 g/mol. The lowest BCUT2D eigenvalue weighted by Gasteiger charge is -2.44. The third-order valence-electron chi connectivity index (χ3n) is 7.15. The Bertz CT molecular complexity index is 1130. The molecule has 2 bridgehead atoms. The molecule has 166 valence electrons. The van der Waals surface area contributed by atoms with Gasteiger partial charge in [-0.15, -0.1) is 4.40 Å². The molecule has 9 heteroatoms. The van der Waals surface area contributed by atoms with Gasteiger partial charge < -0.3 is 15.3 Å². The molecule has 2 unspecified atom stereocenters. The Hall–Kier alpha value is -1.62. The molecule has 1 aromatic carbocycles. The minimum Gasteiger partial charge on any atom is -0.511 e. The van der Waals surface area contributed by atoms with Crippen LogP contribution in [-0.2, 0) is 14.8 Å². The summed E-state index contributed by atoms with van der Waals surface area (Å²) in [7, 11) is -3.98. The van der Waals surface area contributed by atoms with E-state index in [-0.39, 0.29) is 39.9 Å². The molecular weight excluding hydrogens is 529 g/mol. The number of nitrogens with zero attached hydrogens (tertiary/aromatic N) is 2. The molecule has 2 aliphatic heterocycles. The minimum atomic E-state index is -3.98. The zero-order valence-electron chi connectivity index (χ0n) is 17.5. The van der Waals surface area contributed by atoms with Gasteiger partial charge in [-0.1, -0.05) is 13.8 Å². The van der Waals surface area contributed by atoms with Gasteiger partial charge in [-0.2, -0.15) is 8.42 Å². The van der Waals surface area contributed by atoms with Gasteiger partial charge >= 0.3 is 0 Å². The van der Waals surface area contributed by atoms with E-state index >= 15 is 0 Å². The first-order chi connectivity index (χ1) is 14.7. The zero-order valence-corrected chi connectivity index (χ0v) is 20.5. The van der Waals surface area contributed by atoms with Crippen molar-refractivity contribution in [2.75, 3.05) is 11.9 Å². The summed E-state index contributed by atoms with van der Waals surface area (Å²) in [5, 5.41) is 14.3. The van der Waals surface area contributed by atoms with Crippen LogP contribution in [0.5, 0.6) is 0 Å². The lowest BCUT2D eigenvalue weighted by molar-refractivity contribution is -0.133. The number of fused-ring (bicyclic) bond motifs is 6. The maximum absolute atomic E-state index is 13.6. The number of hydrogen-bond donors (Lipinski definition) is 2. The number of aliphatic hydroxyl groups excluding tert-OH is 1. The van der Waals surface area contributed by atoms with E-state index in [4.69, 9.17) is 0 Å². The molecule has 4 atom stereocenters. The Balaban J connectivity index is 1.60. The summed E-state index contributed by atoms with van der Waals surface area (Å²) in [6.45, 7) is 4.85. The van der Waals surface area contributed by atoms with Crippen molar-refractivity contribution in [2.24, 2.45) is 28.1 Å². The Morgan fingerprint density at radius 2 is 2.03 bits per heavy atom. The molecule has 0 radical (unpaired) electrons. The van der Waals surface area contributed by atoms with Gasteiger partial charge in [0.25, 0.3) is 15.9 Å². The molecule has 2 N–H and O–H groups in total. The van der Waals surface area contributed by atoms with Crippen LogP contribution in [-0.4, -0.2) is 42.8 Å². The number of hydrogen-bond acceptors (Lipinski definition) is 5. The van der Waals surface area contributed by atoms with E-state index in [1.165, 1.54) is 0 Å². The van der Waals surface area contributed by atoms with E-state index in [9.17, 15) is 18.3 Å². The first-order valence-corrected chi connectivity index (χ1v) is 13.3. The van der Waals surface area contributed by atoms with E-state index in [2.05, 4.69) is 46.2 Å². The zero-order chi connectivity index (χ0) is 22.1. The second-order valence-corrected chi connectivity index (χ2v) is 12.3. The van der Waals surface area contributed by atoms with Crippen molar-refractivity contribution in [1.29, 1.82) is 0 Å². The highest BCUT2D eigenvalue weighted by Crippen LogP contribution is 2.55. The lowest BCUT2D eigenvalue weighted by Crippen LogP contribution is -2.54. The van der Waals surface area contributed by atoms with E-state index in [0.717, 1.165) is 29.3 Å². The fraction of sp³-hybridized carbons (Fsp3) is 0.545. The van der Waals surface area contributed by atoms with Crippen LogP contribution in [0.4, 0.5) is 5.69 Å². The van der Waals surface area contributed by atoms with Crippen LogP contribution in [0.25, 0.3) is 0 Å². The normalized spacial score (nSPS) is 30.9. The Morgan fingerprint density at radius 3 is 2.77 bits per heavy atom. The van der Waals surface area contributed by atoms with Crippen LogP contribution in [0.2, 0.25) is 0 Å². The van der Waals surface area contributed by atoms with Gasteiger partial charge in [0.15, 0.2) is 5.84 Å². The molecule has 0 saturated heterocycles. The maximum Gasteiger partial charge on any atom is 0.286 e. The number of benzene rings is 1. The Morgan fingerprint density at radius 1 is 1.29 bits per heavy atom. The molecule has 31 heavy (non-hydrogen) atoms. The number of carbonyl (C=O) groups excluding carboxylic acids is 1. The molecular formula is C22H26IN3O4S. The predicted octanol–water partition coefficient (Wildman–Crippen LogP) is 3.92. The van der Waals surface area contributed by atoms with Crippen LogP contribution in [0, 0.1) is 27.2 Å². The van der Waals surface area contributed by atoms with Gasteiger partial charge in [-0.3, -0.25) is 4.79 Å². The van der Waals surface area contributed by atoms with E-state index < -0.39 is 10.0 Å². The fourth-order valence-electron chi connectivity index (χ4n) is 5.76. The van der Waals surface area contributed by atoms with Crippen LogP contribution in [0.3, 0.4) is 0 Å². The van der Waals surface area contributed by atoms with E-state index in [1.54, 1.807) is 18.2 Å². The largest absolute Gasteiger partial charge is 0.511 e. The third-order valence-corrected chi connectivity index (χ3v) is 9.14. The molecule has 0 spiro atoms. The standard InChI is InChI=1S/C22H26IN3O4S/c1-11(2)7-8-26-19-13-4-3-12(9-13)17(19)20(27)18(22(26)28)21-24-15-6-5-14(23)10-16(15)31(29,30)25-21/h5-6,10-13,17,19,27H,3-4,7-9H2,1-2H3,(H,24,25)/t12-,13+,17?,19?/m1/s1. The Kier molecular flexibility index (Phi) is 5.12. The van der Waals surface area contributed by atoms with Crippen molar-refractivity contribution in [2.45, 2.75) is 50.5 Å². The second-order valence-electron chi connectivity index (χ2n) is 9.47. The first kappa shape index (κ1) is 21.2. The van der Waals surface area contributed by atoms with Crippen molar-refractivity contribution in [3.8, 4) is 0 Å². The summed E-state index contributed by atoms with van der Waals surface area (Å²) in [5.41, 5.74) is 0.396. The minimum absolute atomic E-state index is 0.00316. The number of nitrogens with one attached hydrogen (secondary N) is 1. The quantitative estimate of drug-likeness (QED) is 0.549. The summed E-state index contributed by atoms with van der Waals surface area (Å²) in [6, 6.07) is 5.02. The molecule has 5 rings (SSSR count). The highest BCUT2D eigenvalue weighted by Gasteiger charge is 2.57. The molecule has 2 aliphatic carbocycles. The van der Waals surface area contributed by atoms with E-state index in [1.807, 2.05) is 4.90 Å². The van der Waals surface area contributed by atoms with E-state index in [0.29, 0.717) is 30.0 Å². The van der Waals surface area contributed by atoms with Crippen molar-refractivity contribution in [1.82, 2.24) is 4.90 Å². The highest BCUT2D eigenvalue weighted by atomic mass is 127. The summed E-state index contributed by atoms with van der Waals surface area (Å²) < 4.78 is 30.5. The molecule has 1 aromatic rings. The number of halogens is 1. The van der Waals surface area contributed by atoms with Gasteiger partial charge in [-0.05, 0) is 84.2 Å². The van der Waals surface area contributed by atoms with Gasteiger partial charge in [0, 0.05) is 22.1 Å². The number of carbonyl (C=O) groups is 1. The molecule has 2 fully saturated rings. The number of amides is 1. The number of sulfonamides is 1. The van der Waals surface area contributed by atoms with Crippen molar-refractivity contribution in [3.05, 3.63) is 33.1 Å².